The Bertz CT molecular complexity index is 315. The van der Waals surface area contributed by atoms with Crippen LogP contribution in [0.4, 0.5) is 0 Å². The summed E-state index contributed by atoms with van der Waals surface area (Å²) < 4.78 is 0. The highest BCUT2D eigenvalue weighted by atomic mass is 16.2. The summed E-state index contributed by atoms with van der Waals surface area (Å²) in [6.07, 6.45) is 2.26. The minimum Gasteiger partial charge on any atom is -0.323 e. The molecule has 1 amide bonds. The topological polar surface area (TPSA) is 35.6 Å². The summed E-state index contributed by atoms with van der Waals surface area (Å²) in [5, 5.41) is 3.55. The van der Waals surface area contributed by atoms with E-state index in [1.807, 2.05) is 0 Å². The fourth-order valence-corrected chi connectivity index (χ4v) is 2.89. The van der Waals surface area contributed by atoms with E-state index in [1.165, 1.54) is 0 Å². The molecule has 1 saturated heterocycles. The Kier molecular flexibility index (Phi) is 6.46. The Hall–Kier alpha value is -0.610. The van der Waals surface area contributed by atoms with Crippen LogP contribution in [-0.4, -0.2) is 54.6 Å². The maximum atomic E-state index is 12.7. The lowest BCUT2D eigenvalue weighted by Crippen LogP contribution is -2.44. The summed E-state index contributed by atoms with van der Waals surface area (Å²) in [6, 6.07) is 0.283. The molecule has 0 aromatic rings. The summed E-state index contributed by atoms with van der Waals surface area (Å²) in [5.74, 6) is 1.23. The number of nitrogens with one attached hydrogen (secondary N) is 1. The molecule has 1 rings (SSSR count). The SMILES string of the molecule is CC(C)CC1NC(C(C)C)C(=O)N1C(C)CCN(C)C. The molecule has 4 heteroatoms. The van der Waals surface area contributed by atoms with Gasteiger partial charge < -0.3 is 9.80 Å². The van der Waals surface area contributed by atoms with Crippen molar-refractivity contribution in [2.75, 3.05) is 20.6 Å². The summed E-state index contributed by atoms with van der Waals surface area (Å²) in [4.78, 5) is 17.0. The van der Waals surface area contributed by atoms with E-state index in [0.29, 0.717) is 17.9 Å². The predicted molar refractivity (Wildman–Crippen MR) is 84.5 cm³/mol. The summed E-state index contributed by atoms with van der Waals surface area (Å²) in [7, 11) is 4.17. The molecular weight excluding hydrogens is 250 g/mol. The number of nitrogens with zero attached hydrogens (tertiary/aromatic N) is 2. The normalized spacial score (nSPS) is 25.3. The Balaban J connectivity index is 2.78. The van der Waals surface area contributed by atoms with Gasteiger partial charge in [0.25, 0.3) is 0 Å². The molecule has 1 aliphatic rings. The molecule has 1 aliphatic heterocycles. The molecule has 1 N–H and O–H groups in total. The molecule has 0 aliphatic carbocycles. The molecule has 1 fully saturated rings. The number of amides is 1. The van der Waals surface area contributed by atoms with Crippen molar-refractivity contribution < 1.29 is 4.79 Å². The number of hydrogen-bond acceptors (Lipinski definition) is 3. The lowest BCUT2D eigenvalue weighted by atomic mass is 10.0. The van der Waals surface area contributed by atoms with E-state index in [-0.39, 0.29) is 18.1 Å². The highest BCUT2D eigenvalue weighted by Gasteiger charge is 2.42. The van der Waals surface area contributed by atoms with Crippen LogP contribution in [0.15, 0.2) is 0 Å². The maximum Gasteiger partial charge on any atom is 0.241 e. The second-order valence-corrected chi connectivity index (χ2v) is 7.22. The van der Waals surface area contributed by atoms with Gasteiger partial charge in [-0.05, 0) is 52.2 Å². The standard InChI is InChI=1S/C16H33N3O/c1-11(2)10-14-17-15(12(3)4)16(20)19(14)13(5)8-9-18(6)7/h11-15,17H,8-10H2,1-7H3. The first kappa shape index (κ1) is 17.4. The molecule has 1 heterocycles. The first-order valence-corrected chi connectivity index (χ1v) is 7.97. The van der Waals surface area contributed by atoms with Gasteiger partial charge in [0.2, 0.25) is 5.91 Å². The van der Waals surface area contributed by atoms with Crippen LogP contribution in [0.1, 0.15) is 47.5 Å². The van der Waals surface area contributed by atoms with Crippen molar-refractivity contribution >= 4 is 5.91 Å². The Morgan fingerprint density at radius 1 is 1.20 bits per heavy atom. The minimum atomic E-state index is -0.0134. The highest BCUT2D eigenvalue weighted by Crippen LogP contribution is 2.24. The first-order valence-electron chi connectivity index (χ1n) is 7.97. The van der Waals surface area contributed by atoms with Gasteiger partial charge in [0.05, 0.1) is 12.2 Å². The van der Waals surface area contributed by atoms with Crippen molar-refractivity contribution in [2.45, 2.75) is 65.7 Å². The zero-order valence-corrected chi connectivity index (χ0v) is 14.3. The van der Waals surface area contributed by atoms with Gasteiger partial charge in [0.15, 0.2) is 0 Å². The molecule has 0 saturated carbocycles. The molecule has 118 valence electrons. The monoisotopic (exact) mass is 283 g/mol. The summed E-state index contributed by atoms with van der Waals surface area (Å²) in [6.45, 7) is 11.9. The fourth-order valence-electron chi connectivity index (χ4n) is 2.89. The van der Waals surface area contributed by atoms with Gasteiger partial charge in [-0.3, -0.25) is 10.1 Å². The van der Waals surface area contributed by atoms with Crippen LogP contribution in [0.2, 0.25) is 0 Å². The number of carbonyl (C=O) groups is 1. The second-order valence-electron chi connectivity index (χ2n) is 7.22. The Morgan fingerprint density at radius 3 is 2.25 bits per heavy atom. The molecule has 0 bridgehead atoms. The van der Waals surface area contributed by atoms with Crippen molar-refractivity contribution in [3.8, 4) is 0 Å². The molecule has 3 atom stereocenters. The van der Waals surface area contributed by atoms with Crippen LogP contribution in [0.25, 0.3) is 0 Å². The first-order chi connectivity index (χ1) is 9.23. The van der Waals surface area contributed by atoms with E-state index in [9.17, 15) is 4.79 Å². The molecule has 0 radical (unpaired) electrons. The van der Waals surface area contributed by atoms with E-state index in [1.54, 1.807) is 0 Å². The van der Waals surface area contributed by atoms with Crippen LogP contribution < -0.4 is 5.32 Å². The van der Waals surface area contributed by atoms with E-state index in [0.717, 1.165) is 19.4 Å². The maximum absolute atomic E-state index is 12.7. The van der Waals surface area contributed by atoms with E-state index >= 15 is 0 Å². The van der Waals surface area contributed by atoms with Crippen LogP contribution in [0.5, 0.6) is 0 Å². The van der Waals surface area contributed by atoms with Gasteiger partial charge in [-0.2, -0.15) is 0 Å². The lowest BCUT2D eigenvalue weighted by Gasteiger charge is -2.32. The van der Waals surface area contributed by atoms with Crippen molar-refractivity contribution in [1.82, 2.24) is 15.1 Å². The van der Waals surface area contributed by atoms with Crippen molar-refractivity contribution in [1.29, 1.82) is 0 Å². The second kappa shape index (κ2) is 7.41. The van der Waals surface area contributed by atoms with E-state index < -0.39 is 0 Å². The quantitative estimate of drug-likeness (QED) is 0.778. The number of carbonyl (C=O) groups excluding carboxylic acids is 1. The molecule has 4 nitrogen and oxygen atoms in total. The molecule has 0 aromatic carbocycles. The minimum absolute atomic E-state index is 0.0134. The molecule has 20 heavy (non-hydrogen) atoms. The average Bonchev–Trinajstić information content (AvgIpc) is 2.62. The highest BCUT2D eigenvalue weighted by molar-refractivity contribution is 5.84. The van der Waals surface area contributed by atoms with Crippen LogP contribution in [0.3, 0.4) is 0 Å². The van der Waals surface area contributed by atoms with Crippen molar-refractivity contribution in [2.24, 2.45) is 11.8 Å². The third-order valence-corrected chi connectivity index (χ3v) is 4.06. The van der Waals surface area contributed by atoms with Crippen LogP contribution >= 0.6 is 0 Å². The predicted octanol–water partition coefficient (Wildman–Crippen LogP) is 2.16. The van der Waals surface area contributed by atoms with E-state index in [4.69, 9.17) is 0 Å². The van der Waals surface area contributed by atoms with Gasteiger partial charge in [-0.1, -0.05) is 27.7 Å². The number of rotatable bonds is 7. The summed E-state index contributed by atoms with van der Waals surface area (Å²) >= 11 is 0. The van der Waals surface area contributed by atoms with Crippen LogP contribution in [0, 0.1) is 11.8 Å². The van der Waals surface area contributed by atoms with Gasteiger partial charge >= 0.3 is 0 Å². The van der Waals surface area contributed by atoms with Gasteiger partial charge in [0.1, 0.15) is 0 Å². The Labute approximate surface area is 124 Å². The fraction of sp³-hybridized carbons (Fsp3) is 0.938. The molecular formula is C16H33N3O. The largest absolute Gasteiger partial charge is 0.323 e. The third kappa shape index (κ3) is 4.45. The van der Waals surface area contributed by atoms with Gasteiger partial charge in [-0.15, -0.1) is 0 Å². The average molecular weight is 283 g/mol. The summed E-state index contributed by atoms with van der Waals surface area (Å²) in [5.41, 5.74) is 0. The zero-order valence-electron chi connectivity index (χ0n) is 14.3. The van der Waals surface area contributed by atoms with Gasteiger partial charge in [0, 0.05) is 6.04 Å². The van der Waals surface area contributed by atoms with Crippen molar-refractivity contribution in [3.05, 3.63) is 0 Å². The number of hydrogen-bond donors (Lipinski definition) is 1. The smallest absolute Gasteiger partial charge is 0.241 e. The Morgan fingerprint density at radius 2 is 1.80 bits per heavy atom. The third-order valence-electron chi connectivity index (χ3n) is 4.06. The lowest BCUT2D eigenvalue weighted by molar-refractivity contribution is -0.133. The van der Waals surface area contributed by atoms with E-state index in [2.05, 4.69) is 63.8 Å². The molecule has 0 aromatic heterocycles. The molecule has 3 unspecified atom stereocenters. The van der Waals surface area contributed by atoms with Crippen molar-refractivity contribution in [3.63, 3.8) is 0 Å². The van der Waals surface area contributed by atoms with Gasteiger partial charge in [-0.25, -0.2) is 0 Å². The zero-order chi connectivity index (χ0) is 15.4. The molecule has 0 spiro atoms. The van der Waals surface area contributed by atoms with Crippen LogP contribution in [-0.2, 0) is 4.79 Å².